The average molecular weight is 289 g/mol. The predicted octanol–water partition coefficient (Wildman–Crippen LogP) is 5.96. The Labute approximate surface area is 126 Å². The van der Waals surface area contributed by atoms with Crippen LogP contribution in [0.15, 0.2) is 36.4 Å². The van der Waals surface area contributed by atoms with Crippen molar-refractivity contribution in [2.45, 2.75) is 39.5 Å². The second kappa shape index (κ2) is 6.32. The van der Waals surface area contributed by atoms with Gasteiger partial charge in [0, 0.05) is 5.56 Å². The molecule has 20 heavy (non-hydrogen) atoms. The number of halogens is 1. The molecule has 0 spiro atoms. The number of hydrogen-bond donors (Lipinski definition) is 0. The third kappa shape index (κ3) is 3.34. The molecule has 0 bridgehead atoms. The van der Waals surface area contributed by atoms with Gasteiger partial charge in [0.25, 0.3) is 0 Å². The molecule has 2 aromatic rings. The first-order valence-electron chi connectivity index (χ1n) is 6.95. The third-order valence-corrected chi connectivity index (χ3v) is 3.74. The Balaban J connectivity index is 2.28. The molecule has 0 saturated heterocycles. The molecule has 2 heteroatoms. The van der Waals surface area contributed by atoms with Gasteiger partial charge in [-0.15, -0.1) is 11.6 Å². The van der Waals surface area contributed by atoms with Crippen LogP contribution in [0.25, 0.3) is 0 Å². The molecule has 0 aliphatic rings. The van der Waals surface area contributed by atoms with Gasteiger partial charge in [0.05, 0.1) is 5.88 Å². The second-order valence-corrected chi connectivity index (χ2v) is 5.79. The molecule has 0 aliphatic heterocycles. The highest BCUT2D eigenvalue weighted by atomic mass is 35.5. The quantitative estimate of drug-likeness (QED) is 0.631. The highest BCUT2D eigenvalue weighted by Crippen LogP contribution is 2.30. The van der Waals surface area contributed by atoms with Crippen LogP contribution in [0.5, 0.6) is 11.5 Å². The minimum Gasteiger partial charge on any atom is -0.457 e. The highest BCUT2D eigenvalue weighted by Gasteiger charge is 2.08. The van der Waals surface area contributed by atoms with Crippen molar-refractivity contribution in [3.05, 3.63) is 58.7 Å². The van der Waals surface area contributed by atoms with Crippen molar-refractivity contribution in [1.82, 2.24) is 0 Å². The summed E-state index contributed by atoms with van der Waals surface area (Å²) in [5, 5.41) is 0. The minimum absolute atomic E-state index is 0.458. The second-order valence-electron chi connectivity index (χ2n) is 5.52. The van der Waals surface area contributed by atoms with E-state index in [1.165, 1.54) is 16.7 Å². The highest BCUT2D eigenvalue weighted by molar-refractivity contribution is 6.17. The lowest BCUT2D eigenvalue weighted by molar-refractivity contribution is 0.477. The van der Waals surface area contributed by atoms with Gasteiger partial charge < -0.3 is 4.74 Å². The molecule has 0 aromatic heterocycles. The summed E-state index contributed by atoms with van der Waals surface area (Å²) < 4.78 is 5.99. The van der Waals surface area contributed by atoms with Gasteiger partial charge in [-0.05, 0) is 49.1 Å². The van der Waals surface area contributed by atoms with Gasteiger partial charge in [0.2, 0.25) is 0 Å². The lowest BCUT2D eigenvalue weighted by atomic mass is 9.98. The zero-order valence-electron chi connectivity index (χ0n) is 12.5. The van der Waals surface area contributed by atoms with E-state index in [-0.39, 0.29) is 0 Å². The predicted molar refractivity (Wildman–Crippen MR) is 86.1 cm³/mol. The van der Waals surface area contributed by atoms with Crippen LogP contribution in [0.3, 0.4) is 0 Å². The summed E-state index contributed by atoms with van der Waals surface area (Å²) in [6.07, 6.45) is 0. The van der Waals surface area contributed by atoms with Gasteiger partial charge in [-0.25, -0.2) is 0 Å². The fourth-order valence-electron chi connectivity index (χ4n) is 2.40. The van der Waals surface area contributed by atoms with Crippen molar-refractivity contribution >= 4 is 11.6 Å². The number of rotatable bonds is 4. The summed E-state index contributed by atoms with van der Waals surface area (Å²) in [5.41, 5.74) is 4.84. The van der Waals surface area contributed by atoms with Gasteiger partial charge in [0.15, 0.2) is 0 Å². The van der Waals surface area contributed by atoms with Gasteiger partial charge in [-0.1, -0.05) is 37.6 Å². The monoisotopic (exact) mass is 288 g/mol. The topological polar surface area (TPSA) is 9.23 Å². The molecule has 0 saturated carbocycles. The zero-order chi connectivity index (χ0) is 14.7. The summed E-state index contributed by atoms with van der Waals surface area (Å²) in [4.78, 5) is 0. The summed E-state index contributed by atoms with van der Waals surface area (Å²) in [5.74, 6) is 2.69. The first-order valence-corrected chi connectivity index (χ1v) is 7.48. The molecule has 0 fully saturated rings. The van der Waals surface area contributed by atoms with Crippen molar-refractivity contribution < 1.29 is 4.74 Å². The molecule has 2 rings (SSSR count). The Kier molecular flexibility index (Phi) is 4.72. The fraction of sp³-hybridized carbons (Fsp3) is 0.333. The van der Waals surface area contributed by atoms with Crippen molar-refractivity contribution in [1.29, 1.82) is 0 Å². The largest absolute Gasteiger partial charge is 0.457 e. The van der Waals surface area contributed by atoms with Crippen molar-refractivity contribution in [2.24, 2.45) is 0 Å². The minimum atomic E-state index is 0.458. The molecule has 0 heterocycles. The van der Waals surface area contributed by atoms with E-state index >= 15 is 0 Å². The lowest BCUT2D eigenvalue weighted by Gasteiger charge is -2.14. The maximum absolute atomic E-state index is 5.99. The van der Waals surface area contributed by atoms with Gasteiger partial charge in [-0.2, -0.15) is 0 Å². The van der Waals surface area contributed by atoms with Crippen LogP contribution in [0.4, 0.5) is 0 Å². The van der Waals surface area contributed by atoms with Crippen LogP contribution in [-0.4, -0.2) is 0 Å². The molecule has 0 aliphatic carbocycles. The van der Waals surface area contributed by atoms with E-state index in [2.05, 4.69) is 45.9 Å². The zero-order valence-corrected chi connectivity index (χ0v) is 13.3. The van der Waals surface area contributed by atoms with Gasteiger partial charge >= 0.3 is 0 Å². The Morgan fingerprint density at radius 3 is 2.40 bits per heavy atom. The maximum Gasteiger partial charge on any atom is 0.131 e. The lowest BCUT2D eigenvalue weighted by Crippen LogP contribution is -1.94. The van der Waals surface area contributed by atoms with Crippen molar-refractivity contribution in [2.75, 3.05) is 0 Å². The summed E-state index contributed by atoms with van der Waals surface area (Å²) in [7, 11) is 0. The number of alkyl halides is 1. The molecule has 0 atom stereocenters. The molecule has 1 nitrogen and oxygen atoms in total. The van der Waals surface area contributed by atoms with Gasteiger partial charge in [-0.3, -0.25) is 0 Å². The number of aryl methyl sites for hydroxylation is 2. The average Bonchev–Trinajstić information content (AvgIpc) is 2.40. The van der Waals surface area contributed by atoms with Crippen LogP contribution < -0.4 is 4.74 Å². The first-order chi connectivity index (χ1) is 9.51. The molecular formula is C18H21ClO. The maximum atomic E-state index is 5.99. The van der Waals surface area contributed by atoms with E-state index in [4.69, 9.17) is 16.3 Å². The van der Waals surface area contributed by atoms with Crippen LogP contribution in [-0.2, 0) is 5.88 Å². The number of benzene rings is 2. The molecule has 0 N–H and O–H groups in total. The van der Waals surface area contributed by atoms with Crippen molar-refractivity contribution in [3.63, 3.8) is 0 Å². The van der Waals surface area contributed by atoms with Gasteiger partial charge in [0.1, 0.15) is 11.5 Å². The normalized spacial score (nSPS) is 10.9. The summed E-state index contributed by atoms with van der Waals surface area (Å²) >= 11 is 5.99. The molecular weight excluding hydrogens is 268 g/mol. The Hall–Kier alpha value is -1.47. The SMILES string of the molecule is Cc1ccc(Oc2ccc(C(C)C)c(C)c2)c(CCl)c1. The van der Waals surface area contributed by atoms with E-state index in [1.807, 2.05) is 18.2 Å². The van der Waals surface area contributed by atoms with Crippen LogP contribution in [0.2, 0.25) is 0 Å². The van der Waals surface area contributed by atoms with E-state index < -0.39 is 0 Å². The van der Waals surface area contributed by atoms with Crippen molar-refractivity contribution in [3.8, 4) is 11.5 Å². The van der Waals surface area contributed by atoms with E-state index in [1.54, 1.807) is 0 Å². The molecule has 106 valence electrons. The summed E-state index contributed by atoms with van der Waals surface area (Å²) in [6, 6.07) is 12.4. The number of hydrogen-bond acceptors (Lipinski definition) is 1. The molecule has 2 aromatic carbocycles. The molecule has 0 amide bonds. The van der Waals surface area contributed by atoms with E-state index in [0.717, 1.165) is 17.1 Å². The first kappa shape index (κ1) is 14.9. The Bertz CT molecular complexity index is 602. The summed E-state index contributed by atoms with van der Waals surface area (Å²) in [6.45, 7) is 8.59. The fourth-order valence-corrected chi connectivity index (χ4v) is 2.61. The molecule has 0 unspecified atom stereocenters. The number of ether oxygens (including phenoxy) is 1. The Morgan fingerprint density at radius 2 is 1.80 bits per heavy atom. The van der Waals surface area contributed by atoms with E-state index in [0.29, 0.717) is 11.8 Å². The third-order valence-electron chi connectivity index (χ3n) is 3.45. The standard InChI is InChI=1S/C18H21ClO/c1-12(2)17-7-6-16(10-14(17)4)20-18-8-5-13(3)9-15(18)11-19/h5-10,12H,11H2,1-4H3. The van der Waals surface area contributed by atoms with Crippen LogP contribution >= 0.6 is 11.6 Å². The smallest absolute Gasteiger partial charge is 0.131 e. The van der Waals surface area contributed by atoms with Crippen LogP contribution in [0.1, 0.15) is 42.0 Å². The molecule has 0 radical (unpaired) electrons. The Morgan fingerprint density at radius 1 is 1.05 bits per heavy atom. The van der Waals surface area contributed by atoms with E-state index in [9.17, 15) is 0 Å². The van der Waals surface area contributed by atoms with Crippen LogP contribution in [0, 0.1) is 13.8 Å².